The molecule has 1 amide bonds. The fourth-order valence-corrected chi connectivity index (χ4v) is 2.92. The lowest BCUT2D eigenvalue weighted by molar-refractivity contribution is -0.118. The molecule has 1 unspecified atom stereocenters. The Morgan fingerprint density at radius 3 is 2.36 bits per heavy atom. The van der Waals surface area contributed by atoms with Crippen molar-refractivity contribution < 1.29 is 4.79 Å². The third-order valence-corrected chi connectivity index (χ3v) is 3.95. The molecule has 0 spiro atoms. The van der Waals surface area contributed by atoms with Crippen LogP contribution >= 0.6 is 11.6 Å². The average molecular weight is 313 g/mol. The van der Waals surface area contributed by atoms with Gasteiger partial charge in [0.15, 0.2) is 0 Å². The van der Waals surface area contributed by atoms with E-state index >= 15 is 0 Å². The summed E-state index contributed by atoms with van der Waals surface area (Å²) in [5.41, 5.74) is 2.59. The molecular weight excluding hydrogens is 296 g/mol. The lowest BCUT2D eigenvalue weighted by Crippen LogP contribution is -2.40. The summed E-state index contributed by atoms with van der Waals surface area (Å²) in [4.78, 5) is 18.8. The van der Waals surface area contributed by atoms with Crippen LogP contribution in [0.25, 0.3) is 0 Å². The summed E-state index contributed by atoms with van der Waals surface area (Å²) in [6.45, 7) is 3.96. The lowest BCUT2D eigenvalue weighted by Gasteiger charge is -2.27. The second-order valence-electron chi connectivity index (χ2n) is 5.50. The highest BCUT2D eigenvalue weighted by molar-refractivity contribution is 6.35. The number of hydrogen-bond donors (Lipinski definition) is 0. The second kappa shape index (κ2) is 5.93. The third-order valence-electron chi connectivity index (χ3n) is 3.67. The number of anilines is 1. The van der Waals surface area contributed by atoms with E-state index < -0.39 is 5.50 Å². The van der Waals surface area contributed by atoms with Gasteiger partial charge in [0.2, 0.25) is 5.50 Å². The number of carbonyl (C=O) groups is 1. The highest BCUT2D eigenvalue weighted by Crippen LogP contribution is 2.30. The Hall–Kier alpha value is -2.13. The molecule has 0 radical (unpaired) electrons. The van der Waals surface area contributed by atoms with Crippen LogP contribution in [0.4, 0.5) is 5.69 Å². The number of hydrogen-bond acceptors (Lipinski definition) is 2. The van der Waals surface area contributed by atoms with Crippen LogP contribution in [-0.2, 0) is 4.79 Å². The molecule has 0 saturated heterocycles. The Labute approximate surface area is 135 Å². The molecule has 3 rings (SSSR count). The van der Waals surface area contributed by atoms with Crippen LogP contribution in [0.5, 0.6) is 0 Å². The van der Waals surface area contributed by atoms with Crippen LogP contribution in [0.1, 0.15) is 25.0 Å². The number of para-hydroxylation sites is 1. The molecule has 0 N–H and O–H groups in total. The van der Waals surface area contributed by atoms with E-state index in [0.717, 1.165) is 22.5 Å². The number of carbonyl (C=O) groups excluding carboxylic acids is 1. The summed E-state index contributed by atoms with van der Waals surface area (Å²) in [5, 5.41) is 0. The molecule has 3 nitrogen and oxygen atoms in total. The zero-order chi connectivity index (χ0) is 15.7. The van der Waals surface area contributed by atoms with E-state index in [9.17, 15) is 4.79 Å². The van der Waals surface area contributed by atoms with Crippen LogP contribution in [0.3, 0.4) is 0 Å². The van der Waals surface area contributed by atoms with E-state index in [2.05, 4.69) is 4.99 Å². The van der Waals surface area contributed by atoms with Crippen LogP contribution in [0.15, 0.2) is 59.6 Å². The SMILES string of the molecule is CC(C)N1C(=O)C(Cl)N=C(c2ccccc2)c2ccccc21. The normalized spacial score (nSPS) is 18.0. The van der Waals surface area contributed by atoms with Gasteiger partial charge in [0.05, 0.1) is 11.4 Å². The van der Waals surface area contributed by atoms with Crippen molar-refractivity contribution in [3.63, 3.8) is 0 Å². The van der Waals surface area contributed by atoms with Crippen molar-refractivity contribution in [2.45, 2.75) is 25.4 Å². The number of benzodiazepines with no additional fused rings is 1. The van der Waals surface area contributed by atoms with Crippen molar-refractivity contribution >= 4 is 28.9 Å². The van der Waals surface area contributed by atoms with Crippen LogP contribution in [0, 0.1) is 0 Å². The average Bonchev–Trinajstić information content (AvgIpc) is 2.64. The van der Waals surface area contributed by atoms with Gasteiger partial charge >= 0.3 is 0 Å². The van der Waals surface area contributed by atoms with Gasteiger partial charge in [0.1, 0.15) is 0 Å². The first-order valence-electron chi connectivity index (χ1n) is 7.29. The summed E-state index contributed by atoms with van der Waals surface area (Å²) in [6, 6.07) is 17.7. The minimum Gasteiger partial charge on any atom is -0.306 e. The molecule has 1 aliphatic heterocycles. The first-order chi connectivity index (χ1) is 10.6. The maximum absolute atomic E-state index is 12.6. The van der Waals surface area contributed by atoms with E-state index in [-0.39, 0.29) is 11.9 Å². The number of amides is 1. The van der Waals surface area contributed by atoms with Gasteiger partial charge in [-0.2, -0.15) is 0 Å². The Morgan fingerprint density at radius 1 is 1.05 bits per heavy atom. The van der Waals surface area contributed by atoms with Crippen molar-refractivity contribution in [2.75, 3.05) is 4.90 Å². The quantitative estimate of drug-likeness (QED) is 0.612. The van der Waals surface area contributed by atoms with Gasteiger partial charge in [-0.3, -0.25) is 9.79 Å². The van der Waals surface area contributed by atoms with Crippen molar-refractivity contribution in [3.8, 4) is 0 Å². The summed E-state index contributed by atoms with van der Waals surface area (Å²) < 4.78 is 0. The first-order valence-corrected chi connectivity index (χ1v) is 7.73. The fraction of sp³-hybridized carbons (Fsp3) is 0.222. The lowest BCUT2D eigenvalue weighted by atomic mass is 10.00. The number of benzene rings is 2. The first kappa shape index (κ1) is 14.8. The van der Waals surface area contributed by atoms with Crippen molar-refractivity contribution in [2.24, 2.45) is 4.99 Å². The van der Waals surface area contributed by atoms with Gasteiger partial charge in [-0.1, -0.05) is 60.1 Å². The molecule has 0 aliphatic carbocycles. The van der Waals surface area contributed by atoms with E-state index in [1.165, 1.54) is 0 Å². The highest BCUT2D eigenvalue weighted by Gasteiger charge is 2.31. The zero-order valence-corrected chi connectivity index (χ0v) is 13.3. The van der Waals surface area contributed by atoms with Crippen molar-refractivity contribution in [3.05, 3.63) is 65.7 Å². The van der Waals surface area contributed by atoms with Crippen LogP contribution in [0.2, 0.25) is 0 Å². The van der Waals surface area contributed by atoms with Gasteiger partial charge in [-0.15, -0.1) is 0 Å². The topological polar surface area (TPSA) is 32.7 Å². The number of rotatable bonds is 2. The molecule has 22 heavy (non-hydrogen) atoms. The molecule has 0 aromatic heterocycles. The van der Waals surface area contributed by atoms with Gasteiger partial charge in [-0.05, 0) is 19.9 Å². The molecular formula is C18H17ClN2O. The highest BCUT2D eigenvalue weighted by atomic mass is 35.5. The summed E-state index contributed by atoms with van der Waals surface area (Å²) in [7, 11) is 0. The molecule has 0 bridgehead atoms. The standard InChI is InChI=1S/C18H17ClN2O/c1-12(2)21-15-11-7-6-10-14(15)16(20-17(19)18(21)22)13-8-4-3-5-9-13/h3-12,17H,1-2H3. The third kappa shape index (κ3) is 2.53. The molecule has 0 fully saturated rings. The van der Waals surface area contributed by atoms with Gasteiger partial charge in [0, 0.05) is 17.2 Å². The van der Waals surface area contributed by atoms with Gasteiger partial charge in [0.25, 0.3) is 5.91 Å². The Balaban J connectivity index is 2.24. The van der Waals surface area contributed by atoms with Crippen LogP contribution < -0.4 is 4.90 Å². The zero-order valence-electron chi connectivity index (χ0n) is 12.5. The molecule has 0 saturated carbocycles. The molecule has 1 atom stereocenters. The molecule has 112 valence electrons. The van der Waals surface area contributed by atoms with E-state index in [1.807, 2.05) is 68.4 Å². The number of halogens is 1. The van der Waals surface area contributed by atoms with Crippen molar-refractivity contribution in [1.82, 2.24) is 0 Å². The Bertz CT molecular complexity index is 725. The summed E-state index contributed by atoms with van der Waals surface area (Å²) in [5.74, 6) is -0.185. The number of nitrogens with zero attached hydrogens (tertiary/aromatic N) is 2. The minimum atomic E-state index is -0.912. The molecule has 4 heteroatoms. The molecule has 1 heterocycles. The molecule has 1 aliphatic rings. The number of fused-ring (bicyclic) bond motifs is 1. The maximum atomic E-state index is 12.6. The van der Waals surface area contributed by atoms with E-state index in [4.69, 9.17) is 11.6 Å². The predicted octanol–water partition coefficient (Wildman–Crippen LogP) is 3.84. The smallest absolute Gasteiger partial charge is 0.267 e. The van der Waals surface area contributed by atoms with E-state index in [1.54, 1.807) is 4.90 Å². The van der Waals surface area contributed by atoms with E-state index in [0.29, 0.717) is 0 Å². The van der Waals surface area contributed by atoms with Gasteiger partial charge in [-0.25, -0.2) is 0 Å². The predicted molar refractivity (Wildman–Crippen MR) is 90.8 cm³/mol. The minimum absolute atomic E-state index is 0.0141. The molecule has 2 aromatic rings. The number of aliphatic imine (C=N–C) groups is 1. The fourth-order valence-electron chi connectivity index (χ4n) is 2.71. The van der Waals surface area contributed by atoms with Crippen molar-refractivity contribution in [1.29, 1.82) is 0 Å². The summed E-state index contributed by atoms with van der Waals surface area (Å²) >= 11 is 6.27. The monoisotopic (exact) mass is 312 g/mol. The summed E-state index contributed by atoms with van der Waals surface area (Å²) in [6.07, 6.45) is 0. The largest absolute Gasteiger partial charge is 0.306 e. The number of alkyl halides is 1. The maximum Gasteiger partial charge on any atom is 0.267 e. The molecule has 2 aromatic carbocycles. The second-order valence-corrected chi connectivity index (χ2v) is 5.91. The Kier molecular flexibility index (Phi) is 3.99. The van der Waals surface area contributed by atoms with Crippen LogP contribution in [-0.4, -0.2) is 23.2 Å². The Morgan fingerprint density at radius 2 is 1.68 bits per heavy atom. The van der Waals surface area contributed by atoms with Gasteiger partial charge < -0.3 is 4.90 Å².